The van der Waals surface area contributed by atoms with Crippen LogP contribution >= 0.6 is 12.4 Å². The molecule has 0 aromatic carbocycles. The molecule has 1 aliphatic heterocycles. The molecule has 1 fully saturated rings. The molecule has 1 atom stereocenters. The first-order chi connectivity index (χ1) is 4.83. The number of ether oxygens (including phenoxy) is 2. The maximum Gasteiger partial charge on any atom is 0.180 e. The van der Waals surface area contributed by atoms with E-state index in [1.807, 2.05) is 0 Å². The molecule has 1 saturated heterocycles. The van der Waals surface area contributed by atoms with Crippen LogP contribution in [0.25, 0.3) is 0 Å². The van der Waals surface area contributed by atoms with E-state index < -0.39 is 0 Å². The zero-order chi connectivity index (χ0) is 7.40. The monoisotopic (exact) mass is 179 g/mol. The third-order valence-electron chi connectivity index (χ3n) is 1.74. The Morgan fingerprint density at radius 1 is 1.73 bits per heavy atom. The lowest BCUT2D eigenvalue weighted by Crippen LogP contribution is -2.08. The lowest BCUT2D eigenvalue weighted by molar-refractivity contribution is 0.185. The molecule has 1 heterocycles. The van der Waals surface area contributed by atoms with E-state index in [9.17, 15) is 0 Å². The molecule has 0 aromatic heterocycles. The Bertz CT molecular complexity index is 124. The van der Waals surface area contributed by atoms with Gasteiger partial charge in [0.1, 0.15) is 0 Å². The first kappa shape index (κ1) is 10.7. The topological polar surface area (TPSA) is 42.3 Å². The summed E-state index contributed by atoms with van der Waals surface area (Å²) in [7, 11) is 1.54. The summed E-state index contributed by atoms with van der Waals surface area (Å²) in [5, 5.41) is 7.22. The molecule has 11 heavy (non-hydrogen) atoms. The van der Waals surface area contributed by atoms with E-state index in [-0.39, 0.29) is 12.4 Å². The Labute approximate surface area is 73.0 Å². The minimum Gasteiger partial charge on any atom is -0.484 e. The number of hydrogen-bond donors (Lipinski definition) is 1. The van der Waals surface area contributed by atoms with Crippen molar-refractivity contribution >= 4 is 18.3 Å². The predicted octanol–water partition coefficient (Wildman–Crippen LogP) is 1.46. The van der Waals surface area contributed by atoms with Crippen molar-refractivity contribution in [3.8, 4) is 0 Å². The maximum absolute atomic E-state index is 7.22. The third-order valence-corrected chi connectivity index (χ3v) is 1.74. The van der Waals surface area contributed by atoms with Crippen molar-refractivity contribution in [1.29, 1.82) is 5.41 Å². The van der Waals surface area contributed by atoms with E-state index in [0.29, 0.717) is 11.8 Å². The van der Waals surface area contributed by atoms with Crippen molar-refractivity contribution in [2.75, 3.05) is 20.3 Å². The summed E-state index contributed by atoms with van der Waals surface area (Å²) in [6.07, 6.45) is 1.81. The average Bonchev–Trinajstić information content (AvgIpc) is 2.40. The van der Waals surface area contributed by atoms with Crippen molar-refractivity contribution in [3.63, 3.8) is 0 Å². The van der Waals surface area contributed by atoms with E-state index >= 15 is 0 Å². The van der Waals surface area contributed by atoms with E-state index in [2.05, 4.69) is 0 Å². The predicted molar refractivity (Wildman–Crippen MR) is 45.5 cm³/mol. The highest BCUT2D eigenvalue weighted by atomic mass is 35.5. The fraction of sp³-hybridized carbons (Fsp3) is 0.857. The number of hydrogen-bond acceptors (Lipinski definition) is 3. The first-order valence-corrected chi connectivity index (χ1v) is 3.52. The lowest BCUT2D eigenvalue weighted by Gasteiger charge is -2.06. The number of rotatable bonds is 2. The molecule has 1 unspecified atom stereocenters. The number of halogens is 1. The van der Waals surface area contributed by atoms with Gasteiger partial charge in [-0.2, -0.15) is 0 Å². The van der Waals surface area contributed by atoms with Crippen LogP contribution in [0.3, 0.4) is 0 Å². The summed E-state index contributed by atoms with van der Waals surface area (Å²) in [5.41, 5.74) is 0. The molecule has 3 nitrogen and oxygen atoms in total. The average molecular weight is 180 g/mol. The van der Waals surface area contributed by atoms with Gasteiger partial charge >= 0.3 is 0 Å². The third kappa shape index (κ3) is 3.58. The molecule has 0 aromatic rings. The fourth-order valence-corrected chi connectivity index (χ4v) is 1.09. The van der Waals surface area contributed by atoms with Crippen LogP contribution in [0.1, 0.15) is 12.8 Å². The van der Waals surface area contributed by atoms with Crippen LogP contribution in [0.4, 0.5) is 0 Å². The standard InChI is InChI=1S/C7H13NO2.ClH/c1-9-7(8)4-6-2-3-10-5-6;/h6,8H,2-5H2,1H3;1H. The zero-order valence-corrected chi connectivity index (χ0v) is 7.45. The zero-order valence-electron chi connectivity index (χ0n) is 6.63. The molecular weight excluding hydrogens is 166 g/mol. The minimum absolute atomic E-state index is 0. The van der Waals surface area contributed by atoms with Crippen LogP contribution in [-0.4, -0.2) is 26.2 Å². The lowest BCUT2D eigenvalue weighted by atomic mass is 10.1. The van der Waals surface area contributed by atoms with Gasteiger partial charge in [0.25, 0.3) is 0 Å². The van der Waals surface area contributed by atoms with Crippen molar-refractivity contribution in [2.45, 2.75) is 12.8 Å². The van der Waals surface area contributed by atoms with Crippen LogP contribution in [0, 0.1) is 11.3 Å². The van der Waals surface area contributed by atoms with Gasteiger partial charge in [-0.15, -0.1) is 12.4 Å². The highest BCUT2D eigenvalue weighted by Crippen LogP contribution is 2.16. The summed E-state index contributed by atoms with van der Waals surface area (Å²) in [6.45, 7) is 1.65. The van der Waals surface area contributed by atoms with Gasteiger partial charge in [0, 0.05) is 19.6 Å². The van der Waals surface area contributed by atoms with Gasteiger partial charge < -0.3 is 9.47 Å². The summed E-state index contributed by atoms with van der Waals surface area (Å²) in [4.78, 5) is 0. The number of methoxy groups -OCH3 is 1. The summed E-state index contributed by atoms with van der Waals surface area (Å²) >= 11 is 0. The second-order valence-corrected chi connectivity index (χ2v) is 2.56. The molecule has 66 valence electrons. The molecule has 0 spiro atoms. The van der Waals surface area contributed by atoms with E-state index in [1.54, 1.807) is 0 Å². The van der Waals surface area contributed by atoms with Crippen molar-refractivity contribution in [1.82, 2.24) is 0 Å². The van der Waals surface area contributed by atoms with Gasteiger partial charge in [-0.25, -0.2) is 0 Å². The summed E-state index contributed by atoms with van der Waals surface area (Å²) in [6, 6.07) is 0. The van der Waals surface area contributed by atoms with Crippen LogP contribution in [0.15, 0.2) is 0 Å². The second kappa shape index (κ2) is 5.38. The summed E-state index contributed by atoms with van der Waals surface area (Å²) in [5.74, 6) is 0.892. The molecule has 0 bridgehead atoms. The van der Waals surface area contributed by atoms with Gasteiger partial charge in [0.05, 0.1) is 7.11 Å². The first-order valence-electron chi connectivity index (χ1n) is 3.52. The maximum atomic E-state index is 7.22. The van der Waals surface area contributed by atoms with Gasteiger partial charge in [-0.05, 0) is 12.3 Å². The van der Waals surface area contributed by atoms with Crippen LogP contribution < -0.4 is 0 Å². The van der Waals surface area contributed by atoms with Crippen molar-refractivity contribution in [3.05, 3.63) is 0 Å². The van der Waals surface area contributed by atoms with Gasteiger partial charge in [-0.1, -0.05) is 0 Å². The Hall–Kier alpha value is -0.280. The normalized spacial score (nSPS) is 22.5. The quantitative estimate of drug-likeness (QED) is 0.515. The Morgan fingerprint density at radius 3 is 2.91 bits per heavy atom. The van der Waals surface area contributed by atoms with Crippen LogP contribution in [0.5, 0.6) is 0 Å². The Balaban J connectivity index is 0.000001000. The smallest absolute Gasteiger partial charge is 0.180 e. The molecular formula is C7H14ClNO2. The largest absolute Gasteiger partial charge is 0.484 e. The van der Waals surface area contributed by atoms with Crippen molar-refractivity contribution < 1.29 is 9.47 Å². The van der Waals surface area contributed by atoms with Crippen LogP contribution in [0.2, 0.25) is 0 Å². The molecule has 0 saturated carbocycles. The van der Waals surface area contributed by atoms with Crippen LogP contribution in [-0.2, 0) is 9.47 Å². The second-order valence-electron chi connectivity index (χ2n) is 2.56. The molecule has 0 aliphatic carbocycles. The molecule has 1 rings (SSSR count). The molecule has 1 N–H and O–H groups in total. The Morgan fingerprint density at radius 2 is 2.45 bits per heavy atom. The summed E-state index contributed by atoms with van der Waals surface area (Å²) < 4.78 is 9.89. The van der Waals surface area contributed by atoms with Gasteiger partial charge in [-0.3, -0.25) is 5.41 Å². The Kier molecular flexibility index (Phi) is 5.24. The van der Waals surface area contributed by atoms with Gasteiger partial charge in [0.2, 0.25) is 0 Å². The highest BCUT2D eigenvalue weighted by Gasteiger charge is 2.17. The number of nitrogens with one attached hydrogen (secondary N) is 1. The fourth-order valence-electron chi connectivity index (χ4n) is 1.09. The molecule has 4 heteroatoms. The van der Waals surface area contributed by atoms with Gasteiger partial charge in [0.15, 0.2) is 5.90 Å². The SMILES string of the molecule is COC(=N)CC1CCOC1.Cl. The van der Waals surface area contributed by atoms with E-state index in [4.69, 9.17) is 14.9 Å². The van der Waals surface area contributed by atoms with E-state index in [1.165, 1.54) is 7.11 Å². The molecule has 0 radical (unpaired) electrons. The molecule has 0 amide bonds. The van der Waals surface area contributed by atoms with Crippen molar-refractivity contribution in [2.24, 2.45) is 5.92 Å². The molecule has 1 aliphatic rings. The van der Waals surface area contributed by atoms with E-state index in [0.717, 1.165) is 26.1 Å². The minimum atomic E-state index is 0. The highest BCUT2D eigenvalue weighted by molar-refractivity contribution is 5.85.